The standard InChI is InChI=1S/C9H14F2N2O2S/c1-12-9-13-6-5(11)7(14)4(2-3-10)15-8(6)16-9/h4-8,14H,2-3H2,1H3,(H,12,13)/t4-,5-,6-,7-,8-/m1/s1. The molecule has 0 aromatic heterocycles. The molecule has 1 fully saturated rings. The van der Waals surface area contributed by atoms with E-state index in [4.69, 9.17) is 4.74 Å². The summed E-state index contributed by atoms with van der Waals surface area (Å²) in [5.74, 6) is 0. The fourth-order valence-corrected chi connectivity index (χ4v) is 2.93. The molecule has 0 bridgehead atoms. The molecule has 0 radical (unpaired) electrons. The molecule has 2 aliphatic rings. The van der Waals surface area contributed by atoms with E-state index < -0.39 is 36.5 Å². The normalized spacial score (nSPS) is 42.8. The molecule has 1 saturated heterocycles. The first kappa shape index (κ1) is 12.1. The zero-order valence-electron chi connectivity index (χ0n) is 8.77. The number of halogens is 2. The van der Waals surface area contributed by atoms with Gasteiger partial charge in [-0.25, -0.2) is 4.39 Å². The largest absolute Gasteiger partial charge is 0.387 e. The summed E-state index contributed by atoms with van der Waals surface area (Å²) in [7, 11) is 1.69. The van der Waals surface area contributed by atoms with Gasteiger partial charge in [0.15, 0.2) is 11.3 Å². The molecule has 2 rings (SSSR count). The number of hydrogen-bond acceptors (Lipinski definition) is 5. The van der Waals surface area contributed by atoms with Crippen molar-refractivity contribution in [2.45, 2.75) is 36.3 Å². The lowest BCUT2D eigenvalue weighted by atomic mass is 9.98. The molecule has 0 aromatic rings. The zero-order chi connectivity index (χ0) is 11.7. The van der Waals surface area contributed by atoms with Crippen molar-refractivity contribution in [3.8, 4) is 0 Å². The lowest BCUT2D eigenvalue weighted by molar-refractivity contribution is -0.134. The van der Waals surface area contributed by atoms with Crippen LogP contribution in [0.3, 0.4) is 0 Å². The molecule has 0 saturated carbocycles. The maximum Gasteiger partial charge on any atom is 0.159 e. The van der Waals surface area contributed by atoms with Crippen LogP contribution in [-0.2, 0) is 4.74 Å². The molecule has 2 heterocycles. The third-order valence-electron chi connectivity index (χ3n) is 2.72. The molecule has 0 aliphatic carbocycles. The van der Waals surface area contributed by atoms with Crippen molar-refractivity contribution in [1.29, 1.82) is 0 Å². The van der Waals surface area contributed by atoms with Gasteiger partial charge in [0, 0.05) is 13.5 Å². The van der Waals surface area contributed by atoms with Crippen molar-refractivity contribution < 1.29 is 18.6 Å². The predicted molar refractivity (Wildman–Crippen MR) is 58.0 cm³/mol. The molecule has 4 nitrogen and oxygen atoms in total. The molecule has 0 spiro atoms. The van der Waals surface area contributed by atoms with E-state index in [0.717, 1.165) is 0 Å². The van der Waals surface area contributed by atoms with E-state index in [9.17, 15) is 13.9 Å². The number of aliphatic imine (C=N–C) groups is 1. The Kier molecular flexibility index (Phi) is 3.66. The van der Waals surface area contributed by atoms with Crippen LogP contribution >= 0.6 is 11.8 Å². The number of amidine groups is 1. The van der Waals surface area contributed by atoms with Gasteiger partial charge in [0.25, 0.3) is 0 Å². The number of fused-ring (bicyclic) bond motifs is 1. The van der Waals surface area contributed by atoms with Gasteiger partial charge in [-0.3, -0.25) is 9.38 Å². The highest BCUT2D eigenvalue weighted by molar-refractivity contribution is 8.14. The average Bonchev–Trinajstić information content (AvgIpc) is 2.69. The highest BCUT2D eigenvalue weighted by atomic mass is 32.2. The minimum atomic E-state index is -1.49. The van der Waals surface area contributed by atoms with Gasteiger partial charge in [0.1, 0.15) is 17.6 Å². The Morgan fingerprint density at radius 1 is 1.62 bits per heavy atom. The topological polar surface area (TPSA) is 53.9 Å². The van der Waals surface area contributed by atoms with E-state index in [1.54, 1.807) is 7.05 Å². The van der Waals surface area contributed by atoms with Crippen LogP contribution in [0.4, 0.5) is 8.78 Å². The van der Waals surface area contributed by atoms with Crippen LogP contribution in [0.1, 0.15) is 6.42 Å². The van der Waals surface area contributed by atoms with Gasteiger partial charge in [-0.15, -0.1) is 0 Å². The van der Waals surface area contributed by atoms with E-state index in [0.29, 0.717) is 5.17 Å². The average molecular weight is 252 g/mol. The van der Waals surface area contributed by atoms with Crippen molar-refractivity contribution in [3.63, 3.8) is 0 Å². The second-order valence-corrected chi connectivity index (χ2v) is 4.84. The molecule has 16 heavy (non-hydrogen) atoms. The fourth-order valence-electron chi connectivity index (χ4n) is 1.87. The summed E-state index contributed by atoms with van der Waals surface area (Å²) in [6.45, 7) is -0.629. The lowest BCUT2D eigenvalue weighted by Crippen LogP contribution is -2.52. The van der Waals surface area contributed by atoms with Crippen LogP contribution in [0.2, 0.25) is 0 Å². The summed E-state index contributed by atoms with van der Waals surface area (Å²) in [5.41, 5.74) is -0.461. The predicted octanol–water partition coefficient (Wildman–Crippen LogP) is 0.461. The fraction of sp³-hybridized carbons (Fsp3) is 0.889. The van der Waals surface area contributed by atoms with Gasteiger partial charge < -0.3 is 15.2 Å². The Balaban J connectivity index is 2.08. The van der Waals surface area contributed by atoms with E-state index in [1.165, 1.54) is 11.8 Å². The quantitative estimate of drug-likeness (QED) is 0.749. The van der Waals surface area contributed by atoms with Crippen LogP contribution in [0.15, 0.2) is 4.99 Å². The van der Waals surface area contributed by atoms with Crippen LogP contribution in [0, 0.1) is 0 Å². The van der Waals surface area contributed by atoms with E-state index >= 15 is 0 Å². The van der Waals surface area contributed by atoms with E-state index in [-0.39, 0.29) is 6.42 Å². The summed E-state index contributed by atoms with van der Waals surface area (Å²) < 4.78 is 31.5. The lowest BCUT2D eigenvalue weighted by Gasteiger charge is -2.36. The van der Waals surface area contributed by atoms with Crippen LogP contribution in [0.25, 0.3) is 0 Å². The molecule has 0 aromatic carbocycles. The number of thioether (sulfide) groups is 1. The zero-order valence-corrected chi connectivity index (χ0v) is 9.58. The molecule has 92 valence electrons. The van der Waals surface area contributed by atoms with Gasteiger partial charge >= 0.3 is 0 Å². The highest BCUT2D eigenvalue weighted by Crippen LogP contribution is 2.37. The number of aliphatic hydroxyl groups is 1. The molecule has 7 heteroatoms. The minimum Gasteiger partial charge on any atom is -0.387 e. The Morgan fingerprint density at radius 3 is 3.00 bits per heavy atom. The number of ether oxygens (including phenoxy) is 1. The first-order chi connectivity index (χ1) is 7.67. The van der Waals surface area contributed by atoms with Crippen molar-refractivity contribution in [2.75, 3.05) is 13.7 Å². The summed E-state index contributed by atoms with van der Waals surface area (Å²) >= 11 is 1.27. The Hall–Kier alpha value is -0.400. The number of hydrogen-bond donors (Lipinski definition) is 2. The van der Waals surface area contributed by atoms with Gasteiger partial charge in [0.2, 0.25) is 0 Å². The summed E-state index contributed by atoms with van der Waals surface area (Å²) in [5, 5.41) is 13.0. The number of alkyl halides is 2. The Labute approximate surface area is 96.5 Å². The third kappa shape index (κ3) is 2.03. The monoisotopic (exact) mass is 252 g/mol. The second-order valence-electron chi connectivity index (χ2n) is 3.75. The van der Waals surface area contributed by atoms with Crippen LogP contribution < -0.4 is 5.32 Å². The van der Waals surface area contributed by atoms with Gasteiger partial charge in [-0.05, 0) is 0 Å². The van der Waals surface area contributed by atoms with Gasteiger partial charge in [0.05, 0.1) is 12.8 Å². The molecule has 0 unspecified atom stereocenters. The Morgan fingerprint density at radius 2 is 2.38 bits per heavy atom. The maximum atomic E-state index is 13.8. The number of nitrogens with zero attached hydrogens (tertiary/aromatic N) is 1. The van der Waals surface area contributed by atoms with Crippen molar-refractivity contribution >= 4 is 16.9 Å². The van der Waals surface area contributed by atoms with Gasteiger partial charge in [-0.2, -0.15) is 0 Å². The summed E-state index contributed by atoms with van der Waals surface area (Å²) in [4.78, 5) is 4.07. The minimum absolute atomic E-state index is 0.0141. The number of nitrogens with one attached hydrogen (secondary N) is 1. The maximum absolute atomic E-state index is 13.8. The Bertz CT molecular complexity index is 293. The number of aliphatic hydroxyl groups excluding tert-OH is 1. The van der Waals surface area contributed by atoms with Gasteiger partial charge in [-0.1, -0.05) is 11.8 Å². The summed E-state index contributed by atoms with van der Waals surface area (Å²) in [6.07, 6.45) is -3.55. The number of rotatable bonds is 2. The molecule has 5 atom stereocenters. The molecular formula is C9H14F2N2O2S. The van der Waals surface area contributed by atoms with Crippen LogP contribution in [-0.4, -0.2) is 53.9 Å². The summed E-state index contributed by atoms with van der Waals surface area (Å²) in [6, 6.07) is -0.696. The molecule has 2 N–H and O–H groups in total. The van der Waals surface area contributed by atoms with Crippen molar-refractivity contribution in [3.05, 3.63) is 0 Å². The van der Waals surface area contributed by atoms with Crippen molar-refractivity contribution in [1.82, 2.24) is 5.32 Å². The first-order valence-corrected chi connectivity index (χ1v) is 6.01. The highest BCUT2D eigenvalue weighted by Gasteiger charge is 2.48. The second kappa shape index (κ2) is 4.85. The SMILES string of the molecule is CNC1=N[C@@H]2[C@@H](F)[C@H](O)[C@@H](CCF)O[C@@H]2S1. The third-order valence-corrected chi connectivity index (χ3v) is 3.88. The van der Waals surface area contributed by atoms with Crippen molar-refractivity contribution in [2.24, 2.45) is 4.99 Å². The van der Waals surface area contributed by atoms with E-state index in [2.05, 4.69) is 10.3 Å². The molecular weight excluding hydrogens is 238 g/mol. The first-order valence-electron chi connectivity index (χ1n) is 5.13. The smallest absolute Gasteiger partial charge is 0.159 e. The van der Waals surface area contributed by atoms with Crippen LogP contribution in [0.5, 0.6) is 0 Å². The molecule has 0 amide bonds. The van der Waals surface area contributed by atoms with E-state index in [1.807, 2.05) is 0 Å². The molecule has 2 aliphatic heterocycles.